The molecule has 0 radical (unpaired) electrons. The molecule has 0 fully saturated rings. The molecule has 28 heavy (non-hydrogen) atoms. The fourth-order valence-electron chi connectivity index (χ4n) is 2.52. The van der Waals surface area contributed by atoms with Crippen LogP contribution in [0.25, 0.3) is 11.3 Å². The van der Waals surface area contributed by atoms with Crippen LogP contribution < -0.4 is 5.56 Å². The van der Waals surface area contributed by atoms with Gasteiger partial charge in [0.1, 0.15) is 18.0 Å². The number of halogens is 3. The van der Waals surface area contributed by atoms with Gasteiger partial charge in [-0.2, -0.15) is 0 Å². The van der Waals surface area contributed by atoms with Crippen LogP contribution in [0, 0.1) is 0 Å². The number of alkyl halides is 2. The van der Waals surface area contributed by atoms with Crippen molar-refractivity contribution in [1.82, 2.24) is 9.55 Å². The molecule has 0 aliphatic rings. The highest BCUT2D eigenvalue weighted by Crippen LogP contribution is 2.22. The van der Waals surface area contributed by atoms with Gasteiger partial charge in [-0.15, -0.1) is 0 Å². The lowest BCUT2D eigenvalue weighted by Crippen LogP contribution is -2.33. The molecule has 0 atom stereocenters. The number of benzene rings is 1. The Morgan fingerprint density at radius 2 is 1.79 bits per heavy atom. The number of aromatic nitrogens is 2. The number of ether oxygens (including phenoxy) is 1. The van der Waals surface area contributed by atoms with Gasteiger partial charge in [-0.05, 0) is 39.8 Å². The maximum Gasteiger partial charge on any atom is 0.326 e. The summed E-state index contributed by atoms with van der Waals surface area (Å²) in [5.41, 5.74) is -0.291. The maximum atomic E-state index is 13.4. The molecule has 0 unspecified atom stereocenters. The van der Waals surface area contributed by atoms with Gasteiger partial charge in [0.15, 0.2) is 0 Å². The molecule has 0 bridgehead atoms. The lowest BCUT2D eigenvalue weighted by molar-refractivity contribution is -0.155. The van der Waals surface area contributed by atoms with Crippen LogP contribution in [-0.2, 0) is 22.5 Å². The molecule has 1 heterocycles. The standard InChI is InChI=1S/C20H23ClF2N2O3/c1-19(2,3)28-18(27)12-25-16(9-10-20(4,22)23)24-15(11-17(25)26)13-5-7-14(21)8-6-13/h5-8,11H,9-10,12H2,1-4H3. The summed E-state index contributed by atoms with van der Waals surface area (Å²) in [7, 11) is 0. The average Bonchev–Trinajstić information content (AvgIpc) is 2.53. The topological polar surface area (TPSA) is 61.2 Å². The van der Waals surface area contributed by atoms with Gasteiger partial charge in [-0.3, -0.25) is 14.2 Å². The monoisotopic (exact) mass is 412 g/mol. The zero-order valence-corrected chi connectivity index (χ0v) is 17.0. The Morgan fingerprint density at radius 1 is 1.18 bits per heavy atom. The van der Waals surface area contributed by atoms with E-state index in [4.69, 9.17) is 16.3 Å². The summed E-state index contributed by atoms with van der Waals surface area (Å²) in [5, 5.41) is 0.521. The average molecular weight is 413 g/mol. The first-order valence-corrected chi connectivity index (χ1v) is 9.18. The van der Waals surface area contributed by atoms with Crippen molar-refractivity contribution in [2.45, 2.75) is 58.6 Å². The maximum absolute atomic E-state index is 13.4. The minimum atomic E-state index is -2.93. The van der Waals surface area contributed by atoms with Gasteiger partial charge in [0, 0.05) is 29.5 Å². The zero-order chi connectivity index (χ0) is 21.1. The molecule has 0 N–H and O–H groups in total. The molecule has 2 aromatic rings. The van der Waals surface area contributed by atoms with E-state index in [1.165, 1.54) is 6.07 Å². The van der Waals surface area contributed by atoms with Crippen LogP contribution >= 0.6 is 11.6 Å². The molecule has 1 aromatic carbocycles. The highest BCUT2D eigenvalue weighted by atomic mass is 35.5. The Balaban J connectivity index is 2.43. The molecule has 1 aromatic heterocycles. The van der Waals surface area contributed by atoms with E-state index in [-0.39, 0.29) is 12.2 Å². The normalized spacial score (nSPS) is 12.1. The first-order valence-electron chi connectivity index (χ1n) is 8.80. The highest BCUT2D eigenvalue weighted by Gasteiger charge is 2.24. The lowest BCUT2D eigenvalue weighted by atomic mass is 10.1. The van der Waals surface area contributed by atoms with Crippen molar-refractivity contribution in [1.29, 1.82) is 0 Å². The third-order valence-corrected chi connectivity index (χ3v) is 3.97. The SMILES string of the molecule is CC(F)(F)CCc1nc(-c2ccc(Cl)cc2)cc(=O)n1CC(=O)OC(C)(C)C. The van der Waals surface area contributed by atoms with Gasteiger partial charge in [-0.25, -0.2) is 13.8 Å². The molecule has 0 spiro atoms. The molecule has 2 rings (SSSR count). The van der Waals surface area contributed by atoms with Crippen molar-refractivity contribution in [2.75, 3.05) is 0 Å². The number of hydrogen-bond donors (Lipinski definition) is 0. The Labute approximate surface area is 167 Å². The molecule has 0 saturated carbocycles. The van der Waals surface area contributed by atoms with E-state index < -0.39 is 36.0 Å². The van der Waals surface area contributed by atoms with E-state index >= 15 is 0 Å². The zero-order valence-electron chi connectivity index (χ0n) is 16.3. The number of carbonyl (C=O) groups is 1. The fourth-order valence-corrected chi connectivity index (χ4v) is 2.64. The van der Waals surface area contributed by atoms with Crippen LogP contribution in [0.1, 0.15) is 39.9 Å². The largest absolute Gasteiger partial charge is 0.459 e. The van der Waals surface area contributed by atoms with Gasteiger partial charge < -0.3 is 4.74 Å². The Kier molecular flexibility index (Phi) is 6.59. The summed E-state index contributed by atoms with van der Waals surface area (Å²) >= 11 is 5.88. The summed E-state index contributed by atoms with van der Waals surface area (Å²) in [5.74, 6) is -3.46. The third-order valence-electron chi connectivity index (χ3n) is 3.72. The molecular formula is C20H23ClF2N2O3. The van der Waals surface area contributed by atoms with Crippen molar-refractivity contribution in [3.05, 3.63) is 51.5 Å². The predicted molar refractivity (Wildman–Crippen MR) is 104 cm³/mol. The number of rotatable bonds is 6. The van der Waals surface area contributed by atoms with Gasteiger partial charge in [-0.1, -0.05) is 23.7 Å². The lowest BCUT2D eigenvalue weighted by Gasteiger charge is -2.21. The Morgan fingerprint density at radius 3 is 2.32 bits per heavy atom. The number of carbonyl (C=O) groups excluding carboxylic acids is 1. The van der Waals surface area contributed by atoms with Gasteiger partial charge in [0.2, 0.25) is 5.92 Å². The second-order valence-corrected chi connectivity index (χ2v) is 8.08. The van der Waals surface area contributed by atoms with E-state index in [1.807, 2.05) is 0 Å². The number of hydrogen-bond acceptors (Lipinski definition) is 4. The molecule has 0 aliphatic heterocycles. The Bertz CT molecular complexity index is 898. The smallest absolute Gasteiger partial charge is 0.326 e. The van der Waals surface area contributed by atoms with Gasteiger partial charge >= 0.3 is 5.97 Å². The van der Waals surface area contributed by atoms with E-state index in [2.05, 4.69) is 4.98 Å². The minimum Gasteiger partial charge on any atom is -0.459 e. The first-order chi connectivity index (χ1) is 12.8. The van der Waals surface area contributed by atoms with E-state index in [9.17, 15) is 18.4 Å². The van der Waals surface area contributed by atoms with E-state index in [1.54, 1.807) is 45.0 Å². The number of esters is 1. The van der Waals surface area contributed by atoms with Crippen LogP contribution in [0.5, 0.6) is 0 Å². The fraction of sp³-hybridized carbons (Fsp3) is 0.450. The van der Waals surface area contributed by atoms with Gasteiger partial charge in [0.05, 0.1) is 5.69 Å². The van der Waals surface area contributed by atoms with Crippen LogP contribution in [-0.4, -0.2) is 27.0 Å². The molecule has 8 heteroatoms. The van der Waals surface area contributed by atoms with Crippen LogP contribution in [0.2, 0.25) is 5.02 Å². The molecule has 0 saturated heterocycles. The number of nitrogens with zero attached hydrogens (tertiary/aromatic N) is 2. The summed E-state index contributed by atoms with van der Waals surface area (Å²) in [6, 6.07) is 7.91. The molecule has 0 amide bonds. The summed E-state index contributed by atoms with van der Waals surface area (Å²) in [6.07, 6.45) is -0.666. The number of aryl methyl sites for hydroxylation is 1. The Hall–Kier alpha value is -2.28. The summed E-state index contributed by atoms with van der Waals surface area (Å²) < 4.78 is 33.1. The van der Waals surface area contributed by atoms with Crippen molar-refractivity contribution >= 4 is 17.6 Å². The summed E-state index contributed by atoms with van der Waals surface area (Å²) in [6.45, 7) is 5.51. The van der Waals surface area contributed by atoms with E-state index in [0.717, 1.165) is 11.5 Å². The van der Waals surface area contributed by atoms with E-state index in [0.29, 0.717) is 16.3 Å². The summed E-state index contributed by atoms with van der Waals surface area (Å²) in [4.78, 5) is 29.1. The highest BCUT2D eigenvalue weighted by molar-refractivity contribution is 6.30. The molecule has 152 valence electrons. The quantitative estimate of drug-likeness (QED) is 0.656. The van der Waals surface area contributed by atoms with Crippen LogP contribution in [0.3, 0.4) is 0 Å². The second kappa shape index (κ2) is 8.39. The van der Waals surface area contributed by atoms with Crippen LogP contribution in [0.4, 0.5) is 8.78 Å². The molecule has 5 nitrogen and oxygen atoms in total. The predicted octanol–water partition coefficient (Wildman–Crippen LogP) is 4.49. The van der Waals surface area contributed by atoms with Crippen molar-refractivity contribution in [2.24, 2.45) is 0 Å². The minimum absolute atomic E-state index is 0.102. The molecular weight excluding hydrogens is 390 g/mol. The second-order valence-electron chi connectivity index (χ2n) is 7.65. The molecule has 0 aliphatic carbocycles. The van der Waals surface area contributed by atoms with Crippen molar-refractivity contribution in [3.8, 4) is 11.3 Å². The first kappa shape index (κ1) is 22.0. The van der Waals surface area contributed by atoms with Crippen molar-refractivity contribution < 1.29 is 18.3 Å². The third kappa shape index (κ3) is 6.71. The van der Waals surface area contributed by atoms with Gasteiger partial charge in [0.25, 0.3) is 5.56 Å². The van der Waals surface area contributed by atoms with Crippen molar-refractivity contribution in [3.63, 3.8) is 0 Å². The van der Waals surface area contributed by atoms with Crippen LogP contribution in [0.15, 0.2) is 35.1 Å².